The summed E-state index contributed by atoms with van der Waals surface area (Å²) in [5.74, 6) is 0.281. The minimum Gasteiger partial charge on any atom is -0.490 e. The molecule has 0 aliphatic carbocycles. The molecule has 146 valence electrons. The molecule has 0 bridgehead atoms. The van der Waals surface area contributed by atoms with Gasteiger partial charge in [-0.1, -0.05) is 0 Å². The molecule has 0 saturated carbocycles. The van der Waals surface area contributed by atoms with Gasteiger partial charge in [0, 0.05) is 29.5 Å². The van der Waals surface area contributed by atoms with E-state index in [-0.39, 0.29) is 24.1 Å². The Hall–Kier alpha value is -2.38. The highest BCUT2D eigenvalue weighted by molar-refractivity contribution is 5.84. The lowest BCUT2D eigenvalue weighted by atomic mass is 9.96. The smallest absolute Gasteiger partial charge is 0.336 e. The van der Waals surface area contributed by atoms with Gasteiger partial charge < -0.3 is 24.9 Å². The van der Waals surface area contributed by atoms with Crippen LogP contribution in [0.2, 0.25) is 0 Å². The normalized spacial score (nSPS) is 17.1. The number of nitrogens with two attached hydrogens (primary N) is 1. The van der Waals surface area contributed by atoms with Crippen molar-refractivity contribution in [3.63, 3.8) is 0 Å². The van der Waals surface area contributed by atoms with Crippen LogP contribution in [-0.4, -0.2) is 48.3 Å². The second-order valence-electron chi connectivity index (χ2n) is 7.26. The molecule has 0 radical (unpaired) electrons. The number of rotatable bonds is 6. The van der Waals surface area contributed by atoms with Crippen molar-refractivity contribution in [3.8, 4) is 5.75 Å². The lowest BCUT2D eigenvalue weighted by Gasteiger charge is -2.31. The van der Waals surface area contributed by atoms with E-state index in [1.807, 2.05) is 26.0 Å². The summed E-state index contributed by atoms with van der Waals surface area (Å²) < 4.78 is 11.1. The van der Waals surface area contributed by atoms with Crippen LogP contribution in [0.4, 0.5) is 0 Å². The Balaban J connectivity index is 1.59. The number of primary amides is 1. The van der Waals surface area contributed by atoms with Crippen molar-refractivity contribution in [3.05, 3.63) is 39.7 Å². The van der Waals surface area contributed by atoms with Gasteiger partial charge in [-0.15, -0.1) is 0 Å². The van der Waals surface area contributed by atoms with Crippen LogP contribution >= 0.6 is 0 Å². The SMILES string of the molecule is Cc1cc(=O)oc2c(C)c(OC[C@@H](O)CN3CCC(C(N)=O)CC3)ccc12. The Labute approximate surface area is 157 Å². The van der Waals surface area contributed by atoms with E-state index in [0.717, 1.165) is 42.4 Å². The van der Waals surface area contributed by atoms with Crippen LogP contribution in [0.25, 0.3) is 11.0 Å². The molecule has 7 nitrogen and oxygen atoms in total. The number of likely N-dealkylation sites (tertiary alicyclic amines) is 1. The molecule has 1 aliphatic rings. The number of benzene rings is 1. The Bertz CT molecular complexity index is 884. The van der Waals surface area contributed by atoms with Gasteiger partial charge in [0.1, 0.15) is 24.0 Å². The molecule has 1 aliphatic heterocycles. The summed E-state index contributed by atoms with van der Waals surface area (Å²) in [6.07, 6.45) is 0.797. The number of piperidine rings is 1. The van der Waals surface area contributed by atoms with Gasteiger partial charge in [-0.3, -0.25) is 4.79 Å². The molecule has 3 rings (SSSR count). The van der Waals surface area contributed by atoms with E-state index in [4.69, 9.17) is 14.9 Å². The van der Waals surface area contributed by atoms with Crippen molar-refractivity contribution in [1.82, 2.24) is 4.90 Å². The number of carbonyl (C=O) groups excluding carboxylic acids is 1. The molecule has 2 heterocycles. The van der Waals surface area contributed by atoms with E-state index in [9.17, 15) is 14.7 Å². The summed E-state index contributed by atoms with van der Waals surface area (Å²) in [5.41, 5.74) is 7.06. The highest BCUT2D eigenvalue weighted by Gasteiger charge is 2.24. The van der Waals surface area contributed by atoms with Gasteiger partial charge in [-0.2, -0.15) is 0 Å². The third-order valence-corrected chi connectivity index (χ3v) is 5.21. The Morgan fingerprint density at radius 3 is 2.74 bits per heavy atom. The Morgan fingerprint density at radius 1 is 1.37 bits per heavy atom. The standard InChI is InChI=1S/C20H26N2O5/c1-12-9-18(24)27-19-13(2)17(4-3-16(12)19)26-11-15(23)10-22-7-5-14(6-8-22)20(21)25/h3-4,9,14-15,23H,5-8,10-11H2,1-2H3,(H2,21,25)/t15-/m0/s1. The zero-order valence-electron chi connectivity index (χ0n) is 15.7. The first-order valence-electron chi connectivity index (χ1n) is 9.21. The zero-order valence-corrected chi connectivity index (χ0v) is 15.7. The van der Waals surface area contributed by atoms with E-state index in [0.29, 0.717) is 17.9 Å². The Kier molecular flexibility index (Phi) is 5.82. The summed E-state index contributed by atoms with van der Waals surface area (Å²) >= 11 is 0. The number of aliphatic hydroxyl groups excluding tert-OH is 1. The molecule has 0 spiro atoms. The number of β-amino-alcohol motifs (C(OH)–C–C–N with tert-alkyl or cyclic N) is 1. The summed E-state index contributed by atoms with van der Waals surface area (Å²) in [6, 6.07) is 5.15. The van der Waals surface area contributed by atoms with E-state index in [2.05, 4.69) is 4.90 Å². The fraction of sp³-hybridized carbons (Fsp3) is 0.500. The predicted molar refractivity (Wildman–Crippen MR) is 102 cm³/mol. The maximum Gasteiger partial charge on any atom is 0.336 e. The molecular weight excluding hydrogens is 348 g/mol. The lowest BCUT2D eigenvalue weighted by molar-refractivity contribution is -0.123. The third-order valence-electron chi connectivity index (χ3n) is 5.21. The second-order valence-corrected chi connectivity index (χ2v) is 7.26. The number of fused-ring (bicyclic) bond motifs is 1. The monoisotopic (exact) mass is 374 g/mol. The maximum atomic E-state index is 11.6. The first-order chi connectivity index (χ1) is 12.8. The van der Waals surface area contributed by atoms with Crippen LogP contribution in [0, 0.1) is 19.8 Å². The van der Waals surface area contributed by atoms with Gasteiger partial charge in [0.05, 0.1) is 0 Å². The molecule has 1 amide bonds. The van der Waals surface area contributed by atoms with Crippen molar-refractivity contribution >= 4 is 16.9 Å². The number of nitrogens with zero attached hydrogens (tertiary/aromatic N) is 1. The van der Waals surface area contributed by atoms with Crippen molar-refractivity contribution < 1.29 is 19.1 Å². The van der Waals surface area contributed by atoms with Gasteiger partial charge in [0.2, 0.25) is 5.91 Å². The van der Waals surface area contributed by atoms with Gasteiger partial charge in [-0.05, 0) is 57.5 Å². The molecule has 7 heteroatoms. The van der Waals surface area contributed by atoms with Crippen LogP contribution in [-0.2, 0) is 4.79 Å². The quantitative estimate of drug-likeness (QED) is 0.739. The molecule has 2 aromatic rings. The minimum absolute atomic E-state index is 0.0620. The van der Waals surface area contributed by atoms with Crippen molar-refractivity contribution in [2.45, 2.75) is 32.8 Å². The van der Waals surface area contributed by atoms with Crippen molar-refractivity contribution in [2.75, 3.05) is 26.2 Å². The van der Waals surface area contributed by atoms with Crippen LogP contribution < -0.4 is 16.1 Å². The molecule has 1 fully saturated rings. The Morgan fingerprint density at radius 2 is 2.07 bits per heavy atom. The van der Waals surface area contributed by atoms with Crippen LogP contribution in [0.5, 0.6) is 5.75 Å². The van der Waals surface area contributed by atoms with Crippen molar-refractivity contribution in [1.29, 1.82) is 0 Å². The van der Waals surface area contributed by atoms with Crippen molar-refractivity contribution in [2.24, 2.45) is 11.7 Å². The highest BCUT2D eigenvalue weighted by Crippen LogP contribution is 2.28. The molecule has 1 aromatic carbocycles. The summed E-state index contributed by atoms with van der Waals surface area (Å²) in [5, 5.41) is 11.2. The average molecular weight is 374 g/mol. The molecule has 0 unspecified atom stereocenters. The lowest BCUT2D eigenvalue weighted by Crippen LogP contribution is -2.43. The zero-order chi connectivity index (χ0) is 19.6. The molecule has 1 atom stereocenters. The summed E-state index contributed by atoms with van der Waals surface area (Å²) in [7, 11) is 0. The van der Waals surface area contributed by atoms with E-state index < -0.39 is 6.10 Å². The van der Waals surface area contributed by atoms with Gasteiger partial charge in [0.15, 0.2) is 0 Å². The fourth-order valence-corrected chi connectivity index (χ4v) is 3.59. The summed E-state index contributed by atoms with van der Waals surface area (Å²) in [4.78, 5) is 25.0. The minimum atomic E-state index is -0.658. The average Bonchev–Trinajstić information content (AvgIpc) is 2.62. The first kappa shape index (κ1) is 19.4. The molecule has 1 saturated heterocycles. The third kappa shape index (κ3) is 4.48. The van der Waals surface area contributed by atoms with E-state index >= 15 is 0 Å². The van der Waals surface area contributed by atoms with Crippen LogP contribution in [0.3, 0.4) is 0 Å². The van der Waals surface area contributed by atoms with Gasteiger partial charge in [0.25, 0.3) is 0 Å². The van der Waals surface area contributed by atoms with Gasteiger partial charge >= 0.3 is 5.63 Å². The summed E-state index contributed by atoms with van der Waals surface area (Å²) in [6.45, 7) is 5.80. The predicted octanol–water partition coefficient (Wildman–Crippen LogP) is 1.35. The number of carbonyl (C=O) groups is 1. The maximum absolute atomic E-state index is 11.6. The fourth-order valence-electron chi connectivity index (χ4n) is 3.59. The number of ether oxygens (including phenoxy) is 1. The van der Waals surface area contributed by atoms with E-state index in [1.54, 1.807) is 0 Å². The number of hydrogen-bond donors (Lipinski definition) is 2. The number of hydrogen-bond acceptors (Lipinski definition) is 6. The van der Waals surface area contributed by atoms with Crippen LogP contribution in [0.15, 0.2) is 27.4 Å². The second kappa shape index (κ2) is 8.10. The topological polar surface area (TPSA) is 106 Å². The molecule has 27 heavy (non-hydrogen) atoms. The highest BCUT2D eigenvalue weighted by atomic mass is 16.5. The molecular formula is C20H26N2O5. The molecule has 3 N–H and O–H groups in total. The first-order valence-corrected chi connectivity index (χ1v) is 9.21. The largest absolute Gasteiger partial charge is 0.490 e. The van der Waals surface area contributed by atoms with Gasteiger partial charge in [-0.25, -0.2) is 4.79 Å². The number of amides is 1. The van der Waals surface area contributed by atoms with Crippen LogP contribution in [0.1, 0.15) is 24.0 Å². The van der Waals surface area contributed by atoms with E-state index in [1.165, 1.54) is 6.07 Å². The number of aliphatic hydroxyl groups is 1. The number of aryl methyl sites for hydroxylation is 2. The molecule has 1 aromatic heterocycles.